The van der Waals surface area contributed by atoms with E-state index >= 15 is 0 Å². The first-order valence-corrected chi connectivity index (χ1v) is 13.3. The number of carboxylic acids is 1. The van der Waals surface area contributed by atoms with Gasteiger partial charge in [0, 0.05) is 41.2 Å². The Morgan fingerprint density at radius 2 is 1.72 bits per heavy atom. The summed E-state index contributed by atoms with van der Waals surface area (Å²) in [5.74, 6) is -1.06. The minimum Gasteiger partial charge on any atom is -0.478 e. The molecule has 39 heavy (non-hydrogen) atoms. The SMILES string of the molecule is O=C(O)c1ccc(-n2cccc2C=C2SC(=Nc3ccccc3)N(CCc3c[nH]c4ccccc34)C2=O)cc1. The zero-order valence-corrected chi connectivity index (χ0v) is 21.6. The monoisotopic (exact) mass is 532 g/mol. The van der Waals surface area contributed by atoms with Crippen molar-refractivity contribution in [3.05, 3.63) is 125 Å². The van der Waals surface area contributed by atoms with E-state index in [4.69, 9.17) is 4.99 Å². The van der Waals surface area contributed by atoms with E-state index in [2.05, 4.69) is 11.1 Å². The molecule has 192 valence electrons. The first kappa shape index (κ1) is 24.5. The fourth-order valence-electron chi connectivity index (χ4n) is 4.62. The Balaban J connectivity index is 1.31. The zero-order chi connectivity index (χ0) is 26.8. The fourth-order valence-corrected chi connectivity index (χ4v) is 5.63. The summed E-state index contributed by atoms with van der Waals surface area (Å²) >= 11 is 1.36. The van der Waals surface area contributed by atoms with Gasteiger partial charge in [0.05, 0.1) is 16.2 Å². The Labute approximate surface area is 229 Å². The molecule has 3 heterocycles. The van der Waals surface area contributed by atoms with Crippen LogP contribution < -0.4 is 0 Å². The number of thioether (sulfide) groups is 1. The van der Waals surface area contributed by atoms with Crippen LogP contribution in [-0.2, 0) is 11.2 Å². The summed E-state index contributed by atoms with van der Waals surface area (Å²) < 4.78 is 1.93. The maximum Gasteiger partial charge on any atom is 0.335 e. The molecule has 6 rings (SSSR count). The Morgan fingerprint density at radius 1 is 0.949 bits per heavy atom. The van der Waals surface area contributed by atoms with Gasteiger partial charge in [0.1, 0.15) is 0 Å². The van der Waals surface area contributed by atoms with Crippen molar-refractivity contribution in [2.75, 3.05) is 6.54 Å². The van der Waals surface area contributed by atoms with Crippen molar-refractivity contribution in [1.82, 2.24) is 14.5 Å². The number of hydrogen-bond donors (Lipinski definition) is 2. The molecule has 2 aromatic heterocycles. The van der Waals surface area contributed by atoms with E-state index in [-0.39, 0.29) is 11.5 Å². The number of carbonyl (C=O) groups is 2. The number of fused-ring (bicyclic) bond motifs is 1. The number of amides is 1. The van der Waals surface area contributed by atoms with Crippen molar-refractivity contribution in [1.29, 1.82) is 0 Å². The Kier molecular flexibility index (Phi) is 6.61. The van der Waals surface area contributed by atoms with Gasteiger partial charge in [-0.1, -0.05) is 36.4 Å². The number of para-hydroxylation sites is 2. The number of carbonyl (C=O) groups excluding carboxylic acids is 1. The summed E-state index contributed by atoms with van der Waals surface area (Å²) in [5.41, 5.74) is 4.85. The molecule has 8 heteroatoms. The Bertz CT molecular complexity index is 1730. The highest BCUT2D eigenvalue weighted by Gasteiger charge is 2.33. The maximum atomic E-state index is 13.7. The molecule has 0 aliphatic carbocycles. The van der Waals surface area contributed by atoms with Crippen LogP contribution in [0.5, 0.6) is 0 Å². The van der Waals surface area contributed by atoms with Crippen molar-refractivity contribution in [3.63, 3.8) is 0 Å². The lowest BCUT2D eigenvalue weighted by atomic mass is 10.1. The summed E-state index contributed by atoms with van der Waals surface area (Å²) in [5, 5.41) is 11.0. The van der Waals surface area contributed by atoms with Crippen LogP contribution in [0, 0.1) is 0 Å². The number of rotatable bonds is 7. The average molecular weight is 533 g/mol. The molecule has 0 saturated carbocycles. The smallest absolute Gasteiger partial charge is 0.335 e. The van der Waals surface area contributed by atoms with E-state index in [0.29, 0.717) is 23.0 Å². The van der Waals surface area contributed by atoms with E-state index < -0.39 is 5.97 Å². The van der Waals surface area contributed by atoms with Gasteiger partial charge in [-0.3, -0.25) is 9.69 Å². The van der Waals surface area contributed by atoms with Crippen molar-refractivity contribution in [2.45, 2.75) is 6.42 Å². The van der Waals surface area contributed by atoms with Gasteiger partial charge in [0.2, 0.25) is 0 Å². The number of amidine groups is 1. The molecule has 5 aromatic rings. The molecule has 0 radical (unpaired) electrons. The third-order valence-electron chi connectivity index (χ3n) is 6.60. The van der Waals surface area contributed by atoms with Gasteiger partial charge in [-0.2, -0.15) is 0 Å². The molecule has 1 aliphatic rings. The largest absolute Gasteiger partial charge is 0.478 e. The van der Waals surface area contributed by atoms with Gasteiger partial charge in [0.25, 0.3) is 5.91 Å². The quantitative estimate of drug-likeness (QED) is 0.234. The van der Waals surface area contributed by atoms with Gasteiger partial charge in [-0.15, -0.1) is 0 Å². The topological polar surface area (TPSA) is 90.7 Å². The van der Waals surface area contributed by atoms with Crippen LogP contribution in [-0.4, -0.2) is 43.1 Å². The van der Waals surface area contributed by atoms with Crippen molar-refractivity contribution in [2.24, 2.45) is 4.99 Å². The number of aromatic nitrogens is 2. The standard InChI is InChI=1S/C31H24N4O3S/c36-29-28(19-25-9-6-17-34(25)24-14-12-21(13-15-24)30(37)38)39-31(33-23-7-2-1-3-8-23)35(29)18-16-22-20-32-27-11-5-4-10-26(22)27/h1-15,17,19-20,32H,16,18H2,(H,37,38). The number of aliphatic imine (C=N–C) groups is 1. The highest BCUT2D eigenvalue weighted by molar-refractivity contribution is 8.18. The number of hydrogen-bond acceptors (Lipinski definition) is 4. The summed E-state index contributed by atoms with van der Waals surface area (Å²) in [6.07, 6.45) is 6.44. The number of aromatic carboxylic acids is 1. The molecule has 0 unspecified atom stereocenters. The summed E-state index contributed by atoms with van der Waals surface area (Å²) in [6.45, 7) is 0.494. The molecular weight excluding hydrogens is 508 g/mol. The lowest BCUT2D eigenvalue weighted by Crippen LogP contribution is -2.31. The van der Waals surface area contributed by atoms with Gasteiger partial charge in [-0.05, 0) is 84.4 Å². The van der Waals surface area contributed by atoms with Crippen LogP contribution in [0.15, 0.2) is 113 Å². The normalized spacial score (nSPS) is 15.6. The second kappa shape index (κ2) is 10.5. The third kappa shape index (κ3) is 5.02. The zero-order valence-electron chi connectivity index (χ0n) is 20.8. The number of nitrogens with zero attached hydrogens (tertiary/aromatic N) is 3. The minimum atomic E-state index is -0.970. The van der Waals surface area contributed by atoms with E-state index in [1.54, 1.807) is 29.2 Å². The maximum absolute atomic E-state index is 13.7. The van der Waals surface area contributed by atoms with Crippen molar-refractivity contribution >= 4 is 51.5 Å². The number of H-pyrrole nitrogens is 1. The molecule has 1 saturated heterocycles. The van der Waals surface area contributed by atoms with E-state index in [1.807, 2.05) is 83.7 Å². The highest BCUT2D eigenvalue weighted by Crippen LogP contribution is 2.35. The predicted octanol–water partition coefficient (Wildman–Crippen LogP) is 6.50. The molecule has 1 fully saturated rings. The van der Waals surface area contributed by atoms with Crippen LogP contribution in [0.25, 0.3) is 22.7 Å². The Morgan fingerprint density at radius 3 is 2.51 bits per heavy atom. The van der Waals surface area contributed by atoms with Gasteiger partial charge < -0.3 is 14.7 Å². The second-order valence-electron chi connectivity index (χ2n) is 9.06. The first-order valence-electron chi connectivity index (χ1n) is 12.5. The van der Waals surface area contributed by atoms with E-state index in [1.165, 1.54) is 11.8 Å². The van der Waals surface area contributed by atoms with Gasteiger partial charge in [-0.25, -0.2) is 9.79 Å². The number of carboxylic acid groups (broad SMARTS) is 1. The number of nitrogens with one attached hydrogen (secondary N) is 1. The fraction of sp³-hybridized carbons (Fsp3) is 0.0645. The van der Waals surface area contributed by atoms with Crippen LogP contribution in [0.1, 0.15) is 21.6 Å². The summed E-state index contributed by atoms with van der Waals surface area (Å²) in [7, 11) is 0. The molecule has 3 aromatic carbocycles. The predicted molar refractivity (Wildman–Crippen MR) is 156 cm³/mol. The minimum absolute atomic E-state index is 0.0940. The molecule has 1 amide bonds. The Hall–Kier alpha value is -4.82. The van der Waals surface area contributed by atoms with Crippen LogP contribution in [0.3, 0.4) is 0 Å². The molecule has 1 aliphatic heterocycles. The average Bonchev–Trinajstić information content (AvgIpc) is 3.67. The molecule has 0 atom stereocenters. The molecule has 0 spiro atoms. The second-order valence-corrected chi connectivity index (χ2v) is 10.1. The molecule has 0 bridgehead atoms. The van der Waals surface area contributed by atoms with E-state index in [0.717, 1.165) is 33.5 Å². The molecular formula is C31H24N4O3S. The third-order valence-corrected chi connectivity index (χ3v) is 7.61. The molecule has 2 N–H and O–H groups in total. The lowest BCUT2D eigenvalue weighted by Gasteiger charge is -2.15. The number of benzene rings is 3. The highest BCUT2D eigenvalue weighted by atomic mass is 32.2. The number of aromatic amines is 1. The first-order chi connectivity index (χ1) is 19.1. The van der Waals surface area contributed by atoms with Crippen LogP contribution in [0.2, 0.25) is 0 Å². The van der Waals surface area contributed by atoms with E-state index in [9.17, 15) is 14.7 Å². The van der Waals surface area contributed by atoms with Crippen LogP contribution in [0.4, 0.5) is 5.69 Å². The van der Waals surface area contributed by atoms with Gasteiger partial charge in [0.15, 0.2) is 5.17 Å². The summed E-state index contributed by atoms with van der Waals surface area (Å²) in [6, 6.07) is 28.3. The van der Waals surface area contributed by atoms with Crippen LogP contribution >= 0.6 is 11.8 Å². The lowest BCUT2D eigenvalue weighted by molar-refractivity contribution is -0.122. The van der Waals surface area contributed by atoms with Crippen molar-refractivity contribution in [3.8, 4) is 5.69 Å². The molecule has 7 nitrogen and oxygen atoms in total. The van der Waals surface area contributed by atoms with Gasteiger partial charge >= 0.3 is 5.97 Å². The van der Waals surface area contributed by atoms with Crippen molar-refractivity contribution < 1.29 is 14.7 Å². The summed E-state index contributed by atoms with van der Waals surface area (Å²) in [4.78, 5) is 35.4.